The Kier molecular flexibility index (Phi) is 5.58. The van der Waals surface area contributed by atoms with Crippen LogP contribution in [0, 0.1) is 0 Å². The van der Waals surface area contributed by atoms with Crippen molar-refractivity contribution >= 4 is 35.8 Å². The third-order valence-electron chi connectivity index (χ3n) is 3.04. The molecule has 0 aliphatic heterocycles. The van der Waals surface area contributed by atoms with Crippen LogP contribution >= 0.6 is 24.2 Å². The van der Waals surface area contributed by atoms with E-state index in [-0.39, 0.29) is 18.3 Å². The summed E-state index contributed by atoms with van der Waals surface area (Å²) in [7, 11) is 0. The van der Waals surface area contributed by atoms with Crippen molar-refractivity contribution < 1.29 is 13.6 Å². The largest absolute Gasteiger partial charge is 0.324 e. The second-order valence-corrected chi connectivity index (χ2v) is 5.43. The first kappa shape index (κ1) is 16.2. The Labute approximate surface area is 120 Å². The minimum Gasteiger partial charge on any atom is -0.324 e. The number of nitrogens with one attached hydrogen (secondary N) is 1. The second-order valence-electron chi connectivity index (χ2n) is 4.37. The number of benzene rings is 1. The predicted octanol–water partition coefficient (Wildman–Crippen LogP) is 3.24. The van der Waals surface area contributed by atoms with Crippen molar-refractivity contribution in [1.82, 2.24) is 0 Å². The molecule has 0 heterocycles. The molecule has 1 aromatic rings. The molecule has 0 spiro atoms. The first-order valence-corrected chi connectivity index (χ1v) is 6.53. The van der Waals surface area contributed by atoms with E-state index in [4.69, 9.17) is 5.73 Å². The van der Waals surface area contributed by atoms with E-state index in [0.29, 0.717) is 35.2 Å². The summed E-state index contributed by atoms with van der Waals surface area (Å²) < 4.78 is 24.2. The van der Waals surface area contributed by atoms with Crippen LogP contribution < -0.4 is 11.1 Å². The van der Waals surface area contributed by atoms with Crippen LogP contribution in [0.3, 0.4) is 0 Å². The number of alkyl halides is 2. The zero-order valence-corrected chi connectivity index (χ0v) is 11.7. The number of hydrogen-bond donors (Lipinski definition) is 2. The minimum absolute atomic E-state index is 0. The molecule has 0 saturated heterocycles. The van der Waals surface area contributed by atoms with E-state index in [9.17, 15) is 13.6 Å². The smallest absolute Gasteiger partial charge is 0.288 e. The molecule has 0 unspecified atom stereocenters. The van der Waals surface area contributed by atoms with Crippen LogP contribution in [0.2, 0.25) is 0 Å². The first-order chi connectivity index (χ1) is 8.49. The van der Waals surface area contributed by atoms with Crippen LogP contribution in [0.15, 0.2) is 29.2 Å². The number of halogens is 3. The van der Waals surface area contributed by atoms with Crippen LogP contribution in [0.4, 0.5) is 14.5 Å². The third-order valence-corrected chi connectivity index (χ3v) is 3.76. The van der Waals surface area contributed by atoms with Gasteiger partial charge in [-0.15, -0.1) is 12.4 Å². The summed E-state index contributed by atoms with van der Waals surface area (Å²) in [5, 5.41) is 2.70. The summed E-state index contributed by atoms with van der Waals surface area (Å²) in [6.07, 6.45) is 2.35. The molecule has 1 aliphatic rings. The summed E-state index contributed by atoms with van der Waals surface area (Å²) >= 11 is 0.477. The highest BCUT2D eigenvalue weighted by Gasteiger charge is 2.40. The van der Waals surface area contributed by atoms with Crippen molar-refractivity contribution in [3.05, 3.63) is 24.3 Å². The molecule has 1 aliphatic carbocycles. The van der Waals surface area contributed by atoms with Crippen molar-refractivity contribution in [1.29, 1.82) is 0 Å². The average Bonchev–Trinajstić information content (AvgIpc) is 2.28. The highest BCUT2D eigenvalue weighted by atomic mass is 35.5. The van der Waals surface area contributed by atoms with E-state index in [1.54, 1.807) is 24.3 Å². The first-order valence-electron chi connectivity index (χ1n) is 5.65. The van der Waals surface area contributed by atoms with E-state index in [1.165, 1.54) is 0 Å². The maximum absolute atomic E-state index is 12.1. The fraction of sp³-hybridized carbons (Fsp3) is 0.417. The van der Waals surface area contributed by atoms with Crippen molar-refractivity contribution in [3.63, 3.8) is 0 Å². The summed E-state index contributed by atoms with van der Waals surface area (Å²) in [5.41, 5.74) is 5.70. The van der Waals surface area contributed by atoms with Crippen LogP contribution in [0.25, 0.3) is 0 Å². The lowest BCUT2D eigenvalue weighted by atomic mass is 9.77. The number of nitrogens with two attached hydrogens (primary N) is 1. The number of thioether (sulfide) groups is 1. The van der Waals surface area contributed by atoms with Crippen LogP contribution in [0.1, 0.15) is 19.3 Å². The normalized spacial score (nSPS) is 16.4. The zero-order chi connectivity index (χ0) is 13.2. The van der Waals surface area contributed by atoms with Crippen molar-refractivity contribution in [2.24, 2.45) is 5.73 Å². The molecule has 1 saturated carbocycles. The summed E-state index contributed by atoms with van der Waals surface area (Å²) in [4.78, 5) is 12.3. The number of carbonyl (C=O) groups excluding carboxylic acids is 1. The van der Waals surface area contributed by atoms with Gasteiger partial charge in [-0.3, -0.25) is 4.79 Å². The number of hydrogen-bond acceptors (Lipinski definition) is 3. The van der Waals surface area contributed by atoms with Gasteiger partial charge in [0.2, 0.25) is 5.91 Å². The molecular weight excluding hydrogens is 294 g/mol. The monoisotopic (exact) mass is 308 g/mol. The Morgan fingerprint density at radius 3 is 2.32 bits per heavy atom. The lowest BCUT2D eigenvalue weighted by Crippen LogP contribution is -2.56. The fourth-order valence-electron chi connectivity index (χ4n) is 1.76. The number of carbonyl (C=O) groups is 1. The predicted molar refractivity (Wildman–Crippen MR) is 75.0 cm³/mol. The maximum atomic E-state index is 12.1. The Hall–Kier alpha value is -0.850. The molecule has 3 nitrogen and oxygen atoms in total. The van der Waals surface area contributed by atoms with Crippen molar-refractivity contribution in [2.75, 3.05) is 5.32 Å². The minimum atomic E-state index is -2.44. The molecule has 106 valence electrons. The Morgan fingerprint density at radius 1 is 1.32 bits per heavy atom. The van der Waals surface area contributed by atoms with Gasteiger partial charge in [0.05, 0.1) is 5.54 Å². The van der Waals surface area contributed by atoms with E-state index in [2.05, 4.69) is 5.32 Å². The van der Waals surface area contributed by atoms with Crippen molar-refractivity contribution in [2.45, 2.75) is 35.5 Å². The quantitative estimate of drug-likeness (QED) is 0.840. The summed E-state index contributed by atoms with van der Waals surface area (Å²) in [6, 6.07) is 6.31. The van der Waals surface area contributed by atoms with E-state index in [0.717, 1.165) is 6.42 Å². The molecule has 0 atom stereocenters. The molecule has 2 rings (SSSR count). The molecule has 0 radical (unpaired) electrons. The molecule has 0 bridgehead atoms. The van der Waals surface area contributed by atoms with Gasteiger partial charge in [0.1, 0.15) is 0 Å². The van der Waals surface area contributed by atoms with Crippen molar-refractivity contribution in [3.8, 4) is 0 Å². The molecule has 1 amide bonds. The lowest BCUT2D eigenvalue weighted by Gasteiger charge is -2.36. The van der Waals surface area contributed by atoms with Gasteiger partial charge >= 0.3 is 0 Å². The topological polar surface area (TPSA) is 55.1 Å². The number of rotatable bonds is 4. The standard InChI is InChI=1S/C12H14F2N2OS.ClH/c13-11(14)18-9-4-2-8(3-5-9)16-10(17)12(15)6-1-7-12;/h2-5,11H,1,6-7,15H2,(H,16,17);1H. The highest BCUT2D eigenvalue weighted by Crippen LogP contribution is 2.31. The molecule has 7 heteroatoms. The van der Waals surface area contributed by atoms with Gasteiger partial charge in [-0.25, -0.2) is 0 Å². The third kappa shape index (κ3) is 4.06. The Bertz CT molecular complexity index is 438. The average molecular weight is 309 g/mol. The summed E-state index contributed by atoms with van der Waals surface area (Å²) in [5.74, 6) is -2.64. The molecule has 0 aromatic heterocycles. The van der Waals surface area contributed by atoms with Gasteiger partial charge in [-0.05, 0) is 43.5 Å². The number of anilines is 1. The SMILES string of the molecule is Cl.NC1(C(=O)Nc2ccc(SC(F)F)cc2)CCC1. The van der Waals surface area contributed by atoms with Gasteiger partial charge in [-0.1, -0.05) is 11.8 Å². The highest BCUT2D eigenvalue weighted by molar-refractivity contribution is 7.99. The van der Waals surface area contributed by atoms with E-state index in [1.807, 2.05) is 0 Å². The fourth-order valence-corrected chi connectivity index (χ4v) is 2.26. The number of amides is 1. The van der Waals surface area contributed by atoms with Gasteiger partial charge in [-0.2, -0.15) is 8.78 Å². The van der Waals surface area contributed by atoms with E-state index >= 15 is 0 Å². The van der Waals surface area contributed by atoms with Crippen LogP contribution in [-0.4, -0.2) is 17.2 Å². The van der Waals surface area contributed by atoms with Gasteiger partial charge < -0.3 is 11.1 Å². The maximum Gasteiger partial charge on any atom is 0.288 e. The molecular formula is C12H15ClF2N2OS. The van der Waals surface area contributed by atoms with E-state index < -0.39 is 11.3 Å². The summed E-state index contributed by atoms with van der Waals surface area (Å²) in [6.45, 7) is 0. The van der Waals surface area contributed by atoms with Gasteiger partial charge in [0.15, 0.2) is 0 Å². The van der Waals surface area contributed by atoms with Crippen LogP contribution in [-0.2, 0) is 4.79 Å². The second kappa shape index (κ2) is 6.54. The molecule has 19 heavy (non-hydrogen) atoms. The molecule has 3 N–H and O–H groups in total. The Balaban J connectivity index is 0.00000180. The van der Waals surface area contributed by atoms with Gasteiger partial charge in [0, 0.05) is 10.6 Å². The molecule has 1 fully saturated rings. The lowest BCUT2D eigenvalue weighted by molar-refractivity contribution is -0.123. The van der Waals surface area contributed by atoms with Crippen LogP contribution in [0.5, 0.6) is 0 Å². The molecule has 1 aromatic carbocycles. The van der Waals surface area contributed by atoms with Gasteiger partial charge in [0.25, 0.3) is 5.76 Å². The Morgan fingerprint density at radius 2 is 1.89 bits per heavy atom. The zero-order valence-electron chi connectivity index (χ0n) is 10.1.